The number of benzene rings is 1. The number of carbonyl (C=O) groups is 1. The number of likely N-dealkylation sites (tertiary alicyclic amines) is 1. The Hall–Kier alpha value is -2.28. The van der Waals surface area contributed by atoms with E-state index in [9.17, 15) is 9.18 Å². The third kappa shape index (κ3) is 4.63. The summed E-state index contributed by atoms with van der Waals surface area (Å²) in [4.78, 5) is 18.7. The first-order valence-electron chi connectivity index (χ1n) is 8.74. The standard InChI is InChI=1S/C18H23FN4O2/c1-2-9-20-18(24)14-4-3-10-23(11-14)12-16-21-17(22-25-16)13-5-7-15(19)8-6-13/h5-8,14H,2-4,9-12H2,1H3,(H,20,24). The number of nitrogens with one attached hydrogen (secondary N) is 1. The number of carbonyl (C=O) groups excluding carboxylic acids is 1. The Labute approximate surface area is 146 Å². The highest BCUT2D eigenvalue weighted by atomic mass is 19.1. The molecular weight excluding hydrogens is 323 g/mol. The summed E-state index contributed by atoms with van der Waals surface area (Å²) < 4.78 is 18.3. The minimum absolute atomic E-state index is 0.0137. The van der Waals surface area contributed by atoms with Crippen molar-refractivity contribution in [1.82, 2.24) is 20.4 Å². The minimum atomic E-state index is -0.298. The molecule has 1 aromatic carbocycles. The van der Waals surface area contributed by atoms with Gasteiger partial charge in [0.1, 0.15) is 5.82 Å². The molecule has 0 aliphatic carbocycles. The van der Waals surface area contributed by atoms with Crippen molar-refractivity contribution in [3.8, 4) is 11.4 Å². The van der Waals surface area contributed by atoms with E-state index in [-0.39, 0.29) is 17.6 Å². The average Bonchev–Trinajstić information content (AvgIpc) is 3.09. The molecular formula is C18H23FN4O2. The molecule has 1 saturated heterocycles. The second-order valence-corrected chi connectivity index (χ2v) is 6.38. The molecule has 1 aliphatic rings. The summed E-state index contributed by atoms with van der Waals surface area (Å²) in [5.41, 5.74) is 0.715. The lowest BCUT2D eigenvalue weighted by Gasteiger charge is -2.30. The minimum Gasteiger partial charge on any atom is -0.356 e. The van der Waals surface area contributed by atoms with E-state index in [1.165, 1.54) is 12.1 Å². The summed E-state index contributed by atoms with van der Waals surface area (Å²) in [6.45, 7) is 4.89. The zero-order valence-electron chi connectivity index (χ0n) is 14.4. The highest BCUT2D eigenvalue weighted by Gasteiger charge is 2.26. The number of nitrogens with zero attached hydrogens (tertiary/aromatic N) is 3. The molecule has 1 atom stereocenters. The largest absolute Gasteiger partial charge is 0.356 e. The maximum atomic E-state index is 13.0. The fourth-order valence-corrected chi connectivity index (χ4v) is 3.03. The van der Waals surface area contributed by atoms with Crippen molar-refractivity contribution in [3.63, 3.8) is 0 Å². The van der Waals surface area contributed by atoms with Gasteiger partial charge in [-0.1, -0.05) is 12.1 Å². The lowest BCUT2D eigenvalue weighted by Crippen LogP contribution is -2.42. The molecule has 1 amide bonds. The first-order chi connectivity index (χ1) is 12.2. The van der Waals surface area contributed by atoms with Gasteiger partial charge in [-0.3, -0.25) is 9.69 Å². The van der Waals surface area contributed by atoms with Crippen LogP contribution in [0.5, 0.6) is 0 Å². The molecule has 0 bridgehead atoms. The van der Waals surface area contributed by atoms with Crippen LogP contribution in [-0.2, 0) is 11.3 Å². The molecule has 0 saturated carbocycles. The van der Waals surface area contributed by atoms with Crippen LogP contribution in [0, 0.1) is 11.7 Å². The highest BCUT2D eigenvalue weighted by Crippen LogP contribution is 2.20. The third-order valence-electron chi connectivity index (χ3n) is 4.35. The number of piperidine rings is 1. The van der Waals surface area contributed by atoms with Gasteiger partial charge in [-0.05, 0) is 50.1 Å². The summed E-state index contributed by atoms with van der Waals surface area (Å²) in [5.74, 6) is 0.801. The van der Waals surface area contributed by atoms with Gasteiger partial charge in [0.15, 0.2) is 0 Å². The Morgan fingerprint density at radius 3 is 2.96 bits per heavy atom. The number of hydrogen-bond acceptors (Lipinski definition) is 5. The van der Waals surface area contributed by atoms with Crippen molar-refractivity contribution in [2.45, 2.75) is 32.7 Å². The van der Waals surface area contributed by atoms with E-state index in [1.807, 2.05) is 6.92 Å². The van der Waals surface area contributed by atoms with Gasteiger partial charge in [-0.25, -0.2) is 4.39 Å². The van der Waals surface area contributed by atoms with Crippen molar-refractivity contribution in [2.24, 2.45) is 5.92 Å². The Balaban J connectivity index is 1.59. The van der Waals surface area contributed by atoms with Gasteiger partial charge < -0.3 is 9.84 Å². The topological polar surface area (TPSA) is 71.3 Å². The van der Waals surface area contributed by atoms with Gasteiger partial charge in [0.25, 0.3) is 0 Å². The first kappa shape index (κ1) is 17.5. The maximum Gasteiger partial charge on any atom is 0.241 e. The van der Waals surface area contributed by atoms with Gasteiger partial charge in [-0.2, -0.15) is 4.98 Å². The lowest BCUT2D eigenvalue weighted by atomic mass is 9.97. The van der Waals surface area contributed by atoms with E-state index in [1.54, 1.807) is 12.1 Å². The normalized spacial score (nSPS) is 18.2. The molecule has 7 heteroatoms. The second kappa shape index (κ2) is 8.20. The molecule has 2 heterocycles. The van der Waals surface area contributed by atoms with E-state index in [4.69, 9.17) is 4.52 Å². The van der Waals surface area contributed by atoms with E-state index in [0.29, 0.717) is 30.4 Å². The molecule has 25 heavy (non-hydrogen) atoms. The summed E-state index contributed by atoms with van der Waals surface area (Å²) in [6, 6.07) is 5.99. The van der Waals surface area contributed by atoms with E-state index in [0.717, 1.165) is 32.4 Å². The van der Waals surface area contributed by atoms with Crippen LogP contribution >= 0.6 is 0 Å². The number of aromatic nitrogens is 2. The van der Waals surface area contributed by atoms with Gasteiger partial charge in [-0.15, -0.1) is 0 Å². The highest BCUT2D eigenvalue weighted by molar-refractivity contribution is 5.78. The van der Waals surface area contributed by atoms with Gasteiger partial charge in [0.05, 0.1) is 12.5 Å². The van der Waals surface area contributed by atoms with Crippen molar-refractivity contribution in [3.05, 3.63) is 36.0 Å². The fourth-order valence-electron chi connectivity index (χ4n) is 3.03. The molecule has 1 aromatic heterocycles. The Bertz CT molecular complexity index is 701. The molecule has 0 radical (unpaired) electrons. The number of hydrogen-bond donors (Lipinski definition) is 1. The second-order valence-electron chi connectivity index (χ2n) is 6.38. The smallest absolute Gasteiger partial charge is 0.241 e. The Morgan fingerprint density at radius 1 is 1.40 bits per heavy atom. The van der Waals surface area contributed by atoms with Crippen LogP contribution in [0.2, 0.25) is 0 Å². The molecule has 2 aromatic rings. The van der Waals surface area contributed by atoms with Crippen LogP contribution in [0.15, 0.2) is 28.8 Å². The Morgan fingerprint density at radius 2 is 2.20 bits per heavy atom. The summed E-state index contributed by atoms with van der Waals surface area (Å²) in [6.07, 6.45) is 2.83. The third-order valence-corrected chi connectivity index (χ3v) is 4.35. The average molecular weight is 346 g/mol. The number of halogens is 1. The molecule has 1 aliphatic heterocycles. The zero-order valence-corrected chi connectivity index (χ0v) is 14.4. The van der Waals surface area contributed by atoms with Crippen molar-refractivity contribution in [1.29, 1.82) is 0 Å². The van der Waals surface area contributed by atoms with Crippen LogP contribution in [0.1, 0.15) is 32.1 Å². The molecule has 1 unspecified atom stereocenters. The molecule has 0 spiro atoms. The quantitative estimate of drug-likeness (QED) is 0.870. The predicted octanol–water partition coefficient (Wildman–Crippen LogP) is 2.61. The Kier molecular flexibility index (Phi) is 5.75. The summed E-state index contributed by atoms with van der Waals surface area (Å²) >= 11 is 0. The molecule has 6 nitrogen and oxygen atoms in total. The number of amides is 1. The zero-order chi connectivity index (χ0) is 17.6. The van der Waals surface area contributed by atoms with Crippen LogP contribution < -0.4 is 5.32 Å². The lowest BCUT2D eigenvalue weighted by molar-refractivity contribution is -0.126. The van der Waals surface area contributed by atoms with Crippen LogP contribution in [0.4, 0.5) is 4.39 Å². The van der Waals surface area contributed by atoms with Gasteiger partial charge in [0.2, 0.25) is 17.6 Å². The fraction of sp³-hybridized carbons (Fsp3) is 0.500. The molecule has 1 fully saturated rings. The van der Waals surface area contributed by atoms with Gasteiger partial charge >= 0.3 is 0 Å². The molecule has 1 N–H and O–H groups in total. The monoisotopic (exact) mass is 346 g/mol. The molecule has 3 rings (SSSR count). The van der Waals surface area contributed by atoms with Crippen LogP contribution in [-0.4, -0.2) is 40.6 Å². The van der Waals surface area contributed by atoms with Gasteiger partial charge in [0, 0.05) is 18.7 Å². The van der Waals surface area contributed by atoms with E-state index in [2.05, 4.69) is 20.4 Å². The van der Waals surface area contributed by atoms with E-state index >= 15 is 0 Å². The predicted molar refractivity (Wildman–Crippen MR) is 91.0 cm³/mol. The maximum absolute atomic E-state index is 13.0. The van der Waals surface area contributed by atoms with E-state index < -0.39 is 0 Å². The van der Waals surface area contributed by atoms with Crippen LogP contribution in [0.25, 0.3) is 11.4 Å². The SMILES string of the molecule is CCCNC(=O)C1CCCN(Cc2nc(-c3ccc(F)cc3)no2)C1. The molecule has 134 valence electrons. The number of rotatable bonds is 6. The summed E-state index contributed by atoms with van der Waals surface area (Å²) in [5, 5.41) is 6.93. The van der Waals surface area contributed by atoms with Crippen molar-refractivity contribution in [2.75, 3.05) is 19.6 Å². The van der Waals surface area contributed by atoms with Crippen molar-refractivity contribution < 1.29 is 13.7 Å². The first-order valence-corrected chi connectivity index (χ1v) is 8.74. The summed E-state index contributed by atoms with van der Waals surface area (Å²) in [7, 11) is 0. The van der Waals surface area contributed by atoms with Crippen LogP contribution in [0.3, 0.4) is 0 Å². The van der Waals surface area contributed by atoms with Crippen molar-refractivity contribution >= 4 is 5.91 Å².